The number of aryl methyl sites for hydroxylation is 2. The summed E-state index contributed by atoms with van der Waals surface area (Å²) in [6.45, 7) is 4.26. The molecule has 0 saturated carbocycles. The molecule has 1 heterocycles. The van der Waals surface area contributed by atoms with Gasteiger partial charge in [0, 0.05) is 16.9 Å². The van der Waals surface area contributed by atoms with Crippen LogP contribution in [0.2, 0.25) is 0 Å². The van der Waals surface area contributed by atoms with Crippen molar-refractivity contribution in [3.63, 3.8) is 0 Å². The highest BCUT2D eigenvalue weighted by Gasteiger charge is 2.16. The van der Waals surface area contributed by atoms with Crippen LogP contribution in [0.15, 0.2) is 84.3 Å². The molecule has 1 amide bonds. The molecule has 33 heavy (non-hydrogen) atoms. The Kier molecular flexibility index (Phi) is 6.23. The molecule has 0 aliphatic carbocycles. The van der Waals surface area contributed by atoms with Crippen molar-refractivity contribution in [2.45, 2.75) is 25.3 Å². The first-order valence-corrected chi connectivity index (χ1v) is 11.7. The summed E-state index contributed by atoms with van der Waals surface area (Å²) in [4.78, 5) is 16.9. The Balaban J connectivity index is 1.46. The molecular formula is C24H23N5O3S. The van der Waals surface area contributed by atoms with Crippen molar-refractivity contribution >= 4 is 27.3 Å². The van der Waals surface area contributed by atoms with Crippen LogP contribution >= 0.6 is 0 Å². The van der Waals surface area contributed by atoms with Gasteiger partial charge in [0.2, 0.25) is 0 Å². The lowest BCUT2D eigenvalue weighted by molar-refractivity contribution is 0.102. The van der Waals surface area contributed by atoms with Crippen molar-refractivity contribution in [1.29, 1.82) is 0 Å². The first-order valence-electron chi connectivity index (χ1n) is 10.2. The van der Waals surface area contributed by atoms with Crippen LogP contribution in [0.1, 0.15) is 27.0 Å². The summed E-state index contributed by atoms with van der Waals surface area (Å²) in [5.41, 5.74) is 4.24. The molecule has 2 N–H and O–H groups in total. The third-order valence-corrected chi connectivity index (χ3v) is 6.63. The number of nitrogens with one attached hydrogen (secondary N) is 2. The molecule has 0 saturated heterocycles. The Morgan fingerprint density at radius 3 is 2.42 bits per heavy atom. The van der Waals surface area contributed by atoms with Crippen LogP contribution in [0.25, 0.3) is 0 Å². The summed E-state index contributed by atoms with van der Waals surface area (Å²) in [5.74, 6) is -0.301. The molecule has 0 spiro atoms. The van der Waals surface area contributed by atoms with Gasteiger partial charge >= 0.3 is 0 Å². The number of aromatic nitrogens is 3. The zero-order valence-electron chi connectivity index (χ0n) is 18.2. The number of anilines is 2. The molecule has 0 atom stereocenters. The lowest BCUT2D eigenvalue weighted by Crippen LogP contribution is -2.15. The average molecular weight is 462 g/mol. The number of hydrogen-bond acceptors (Lipinski definition) is 5. The van der Waals surface area contributed by atoms with E-state index >= 15 is 0 Å². The van der Waals surface area contributed by atoms with Gasteiger partial charge < -0.3 is 5.32 Å². The monoisotopic (exact) mass is 461 g/mol. The van der Waals surface area contributed by atoms with E-state index < -0.39 is 10.0 Å². The van der Waals surface area contributed by atoms with Crippen LogP contribution in [-0.4, -0.2) is 29.1 Å². The summed E-state index contributed by atoms with van der Waals surface area (Å²) >= 11 is 0. The lowest BCUT2D eigenvalue weighted by atomic mass is 10.1. The highest BCUT2D eigenvalue weighted by molar-refractivity contribution is 7.92. The summed E-state index contributed by atoms with van der Waals surface area (Å²) in [5, 5.41) is 7.00. The number of carbonyl (C=O) groups is 1. The summed E-state index contributed by atoms with van der Waals surface area (Å²) in [6, 6.07) is 18.7. The Bertz CT molecular complexity index is 1380. The molecule has 9 heteroatoms. The van der Waals surface area contributed by atoms with E-state index in [0.717, 1.165) is 16.7 Å². The average Bonchev–Trinajstić information content (AvgIpc) is 3.30. The van der Waals surface area contributed by atoms with Gasteiger partial charge in [0.1, 0.15) is 12.7 Å². The number of nitrogens with zero attached hydrogens (tertiary/aromatic N) is 3. The number of amides is 1. The summed E-state index contributed by atoms with van der Waals surface area (Å²) in [7, 11) is -3.73. The highest BCUT2D eigenvalue weighted by atomic mass is 32.2. The lowest BCUT2D eigenvalue weighted by Gasteiger charge is -2.12. The minimum Gasteiger partial charge on any atom is -0.322 e. The summed E-state index contributed by atoms with van der Waals surface area (Å²) in [6.07, 6.45) is 3.06. The van der Waals surface area contributed by atoms with Crippen LogP contribution in [0.3, 0.4) is 0 Å². The van der Waals surface area contributed by atoms with Gasteiger partial charge in [0.15, 0.2) is 0 Å². The Morgan fingerprint density at radius 2 is 1.73 bits per heavy atom. The number of hydrogen-bond donors (Lipinski definition) is 2. The first-order chi connectivity index (χ1) is 15.8. The quantitative estimate of drug-likeness (QED) is 0.433. The molecule has 0 aliphatic rings. The van der Waals surface area contributed by atoms with Crippen molar-refractivity contribution < 1.29 is 13.2 Å². The number of rotatable bonds is 7. The molecule has 0 fully saturated rings. The van der Waals surface area contributed by atoms with Gasteiger partial charge in [-0.2, -0.15) is 5.10 Å². The molecule has 0 bridgehead atoms. The maximum atomic E-state index is 12.8. The fourth-order valence-corrected chi connectivity index (χ4v) is 4.39. The Labute approximate surface area is 192 Å². The normalized spacial score (nSPS) is 11.2. The molecule has 3 aromatic carbocycles. The maximum Gasteiger partial charge on any atom is 0.261 e. The molecule has 8 nitrogen and oxygen atoms in total. The second-order valence-corrected chi connectivity index (χ2v) is 9.32. The topological polar surface area (TPSA) is 106 Å². The largest absolute Gasteiger partial charge is 0.322 e. The van der Waals surface area contributed by atoms with Crippen LogP contribution in [0.5, 0.6) is 0 Å². The van der Waals surface area contributed by atoms with Gasteiger partial charge in [-0.25, -0.2) is 18.1 Å². The van der Waals surface area contributed by atoms with E-state index in [2.05, 4.69) is 20.1 Å². The van der Waals surface area contributed by atoms with E-state index in [0.29, 0.717) is 23.5 Å². The molecule has 0 aliphatic heterocycles. The fraction of sp³-hybridized carbons (Fsp3) is 0.125. The second-order valence-electron chi connectivity index (χ2n) is 7.63. The molecule has 168 valence electrons. The van der Waals surface area contributed by atoms with E-state index in [1.807, 2.05) is 38.1 Å². The SMILES string of the molecule is Cc1ccc(S(=O)(=O)Nc2ccc(C(=O)Nc3ccccc3Cn3cncn3)cc2)cc1C. The fourth-order valence-electron chi connectivity index (χ4n) is 3.25. The van der Waals surface area contributed by atoms with E-state index in [-0.39, 0.29) is 10.8 Å². The minimum atomic E-state index is -3.73. The van der Waals surface area contributed by atoms with E-state index in [4.69, 9.17) is 0 Å². The molecular weight excluding hydrogens is 438 g/mol. The molecule has 0 radical (unpaired) electrons. The molecule has 0 unspecified atom stereocenters. The van der Waals surface area contributed by atoms with Gasteiger partial charge in [0.05, 0.1) is 11.4 Å². The zero-order chi connectivity index (χ0) is 23.4. The first kappa shape index (κ1) is 22.2. The van der Waals surface area contributed by atoms with Crippen molar-refractivity contribution in [3.05, 3.63) is 102 Å². The van der Waals surface area contributed by atoms with E-state index in [1.165, 1.54) is 6.33 Å². The van der Waals surface area contributed by atoms with Crippen molar-refractivity contribution in [1.82, 2.24) is 14.8 Å². The predicted molar refractivity (Wildman–Crippen MR) is 127 cm³/mol. The summed E-state index contributed by atoms with van der Waals surface area (Å²) < 4.78 is 29.6. The van der Waals surface area contributed by atoms with Crippen LogP contribution in [-0.2, 0) is 16.6 Å². The smallest absolute Gasteiger partial charge is 0.261 e. The number of sulfonamides is 1. The second kappa shape index (κ2) is 9.25. The zero-order valence-corrected chi connectivity index (χ0v) is 19.0. The van der Waals surface area contributed by atoms with E-state index in [1.54, 1.807) is 53.5 Å². The molecule has 1 aromatic heterocycles. The number of carbonyl (C=O) groups excluding carboxylic acids is 1. The Hall–Kier alpha value is -3.98. The van der Waals surface area contributed by atoms with Gasteiger partial charge in [-0.15, -0.1) is 0 Å². The Morgan fingerprint density at radius 1 is 0.970 bits per heavy atom. The van der Waals surface area contributed by atoms with Gasteiger partial charge in [-0.1, -0.05) is 24.3 Å². The third kappa shape index (κ3) is 5.27. The van der Waals surface area contributed by atoms with Gasteiger partial charge in [-0.05, 0) is 73.0 Å². The van der Waals surface area contributed by atoms with Crippen LogP contribution in [0.4, 0.5) is 11.4 Å². The molecule has 4 rings (SSSR count). The minimum absolute atomic E-state index is 0.191. The van der Waals surface area contributed by atoms with Crippen molar-refractivity contribution in [2.75, 3.05) is 10.0 Å². The maximum absolute atomic E-state index is 12.8. The standard InChI is InChI=1S/C24H23N5O3S/c1-17-7-12-22(13-18(17)2)33(31,32)28-21-10-8-19(9-11-21)24(30)27-23-6-4-3-5-20(23)14-29-16-25-15-26-29/h3-13,15-16,28H,14H2,1-2H3,(H,27,30). The van der Waals surface area contributed by atoms with Crippen molar-refractivity contribution in [2.24, 2.45) is 0 Å². The van der Waals surface area contributed by atoms with Gasteiger partial charge in [0.25, 0.3) is 15.9 Å². The predicted octanol–water partition coefficient (Wildman–Crippen LogP) is 4.00. The van der Waals surface area contributed by atoms with E-state index in [9.17, 15) is 13.2 Å². The van der Waals surface area contributed by atoms with Crippen molar-refractivity contribution in [3.8, 4) is 0 Å². The molecule has 4 aromatic rings. The number of para-hydroxylation sites is 1. The third-order valence-electron chi connectivity index (χ3n) is 5.25. The van der Waals surface area contributed by atoms with Gasteiger partial charge in [-0.3, -0.25) is 9.52 Å². The van der Waals surface area contributed by atoms with Crippen LogP contribution in [0, 0.1) is 13.8 Å². The number of benzene rings is 3. The highest BCUT2D eigenvalue weighted by Crippen LogP contribution is 2.21. The van der Waals surface area contributed by atoms with Crippen LogP contribution < -0.4 is 10.0 Å².